The molecule has 28 heavy (non-hydrogen) atoms. The van der Waals surface area contributed by atoms with Crippen molar-refractivity contribution in [1.82, 2.24) is 9.55 Å². The average Bonchev–Trinajstić information content (AvgIpc) is 3.15. The van der Waals surface area contributed by atoms with E-state index in [9.17, 15) is 0 Å². The van der Waals surface area contributed by atoms with Gasteiger partial charge >= 0.3 is 0 Å². The van der Waals surface area contributed by atoms with E-state index in [4.69, 9.17) is 19.6 Å². The van der Waals surface area contributed by atoms with Gasteiger partial charge < -0.3 is 19.1 Å². The van der Waals surface area contributed by atoms with Gasteiger partial charge in [0.05, 0.1) is 37.0 Å². The predicted octanol–water partition coefficient (Wildman–Crippen LogP) is 4.40. The van der Waals surface area contributed by atoms with Gasteiger partial charge in [-0.2, -0.15) is 0 Å². The molecule has 0 radical (unpaired) electrons. The van der Waals surface area contributed by atoms with Crippen molar-refractivity contribution in [2.45, 2.75) is 32.9 Å². The van der Waals surface area contributed by atoms with Crippen molar-refractivity contribution in [3.63, 3.8) is 0 Å². The van der Waals surface area contributed by atoms with E-state index in [1.165, 1.54) is 0 Å². The molecule has 5 nitrogen and oxygen atoms in total. The Morgan fingerprint density at radius 3 is 2.57 bits per heavy atom. The number of imidazole rings is 1. The van der Waals surface area contributed by atoms with Gasteiger partial charge in [0.2, 0.25) is 0 Å². The molecule has 3 aromatic rings. The number of hydrogen-bond donors (Lipinski definition) is 1. The molecule has 0 saturated heterocycles. The maximum Gasteiger partial charge on any atom is 0.120 e. The molecule has 1 N–H and O–H groups in total. The van der Waals surface area contributed by atoms with Crippen molar-refractivity contribution in [1.29, 1.82) is 0 Å². The first kappa shape index (κ1) is 20.1. The smallest absolute Gasteiger partial charge is 0.120 e. The molecule has 1 heterocycles. The van der Waals surface area contributed by atoms with Crippen molar-refractivity contribution < 1.29 is 14.6 Å². The fraction of sp³-hybridized carbons (Fsp3) is 0.348. The molecule has 0 aliphatic carbocycles. The number of aliphatic hydroxyl groups excluding tert-OH is 1. The molecular formula is C23H28N2O3. The third kappa shape index (κ3) is 5.00. The Morgan fingerprint density at radius 2 is 1.82 bits per heavy atom. The van der Waals surface area contributed by atoms with E-state index in [2.05, 4.69) is 36.6 Å². The van der Waals surface area contributed by atoms with Crippen LogP contribution in [0.2, 0.25) is 0 Å². The van der Waals surface area contributed by atoms with Crippen LogP contribution in [0.25, 0.3) is 22.5 Å². The maximum atomic E-state index is 9.03. The molecule has 0 aliphatic rings. The van der Waals surface area contributed by atoms with Crippen LogP contribution in [0.15, 0.2) is 60.9 Å². The highest BCUT2D eigenvalue weighted by atomic mass is 16.5. The lowest BCUT2D eigenvalue weighted by atomic mass is 10.0. The molecule has 1 aromatic heterocycles. The van der Waals surface area contributed by atoms with E-state index in [0.29, 0.717) is 0 Å². The van der Waals surface area contributed by atoms with Gasteiger partial charge in [0.15, 0.2) is 0 Å². The number of benzene rings is 2. The minimum absolute atomic E-state index is 0.0102. The van der Waals surface area contributed by atoms with Gasteiger partial charge in [-0.05, 0) is 25.5 Å². The SMILES string of the molecule is CCCO[C@H](C)Cn1cnc(-c2ccccc2)c1-c1cccc(OCCO)c1. The van der Waals surface area contributed by atoms with Crippen LogP contribution in [-0.2, 0) is 11.3 Å². The highest BCUT2D eigenvalue weighted by molar-refractivity contribution is 5.79. The standard InChI is InChI=1S/C23H28N2O3/c1-3-13-27-18(2)16-25-17-24-22(19-8-5-4-6-9-19)23(25)20-10-7-11-21(15-20)28-14-12-26/h4-11,15,17-18,26H,3,12-14,16H2,1-2H3/t18-/m1/s1. The zero-order valence-corrected chi connectivity index (χ0v) is 16.5. The van der Waals surface area contributed by atoms with Gasteiger partial charge in [0.1, 0.15) is 12.4 Å². The van der Waals surface area contributed by atoms with Crippen molar-refractivity contribution >= 4 is 0 Å². The largest absolute Gasteiger partial charge is 0.491 e. The summed E-state index contributed by atoms with van der Waals surface area (Å²) in [6, 6.07) is 18.1. The van der Waals surface area contributed by atoms with E-state index in [0.717, 1.165) is 47.8 Å². The lowest BCUT2D eigenvalue weighted by molar-refractivity contribution is 0.0551. The van der Waals surface area contributed by atoms with E-state index in [1.807, 2.05) is 42.7 Å². The van der Waals surface area contributed by atoms with Crippen LogP contribution in [0.3, 0.4) is 0 Å². The zero-order chi connectivity index (χ0) is 19.8. The van der Waals surface area contributed by atoms with Gasteiger partial charge in [-0.1, -0.05) is 49.4 Å². The first-order valence-corrected chi connectivity index (χ1v) is 9.79. The molecule has 1 atom stereocenters. The Kier molecular flexibility index (Phi) is 7.23. The van der Waals surface area contributed by atoms with Gasteiger partial charge in [0.25, 0.3) is 0 Å². The van der Waals surface area contributed by atoms with Crippen LogP contribution < -0.4 is 4.74 Å². The molecule has 0 saturated carbocycles. The summed E-state index contributed by atoms with van der Waals surface area (Å²) >= 11 is 0. The van der Waals surface area contributed by atoms with Crippen LogP contribution in [0, 0.1) is 0 Å². The van der Waals surface area contributed by atoms with Crippen molar-refractivity contribution in [3.8, 4) is 28.3 Å². The summed E-state index contributed by atoms with van der Waals surface area (Å²) in [5.74, 6) is 0.730. The van der Waals surface area contributed by atoms with E-state index in [1.54, 1.807) is 0 Å². The Hall–Kier alpha value is -2.63. The summed E-state index contributed by atoms with van der Waals surface area (Å²) in [4.78, 5) is 4.71. The number of rotatable bonds is 10. The number of nitrogens with zero attached hydrogens (tertiary/aromatic N) is 2. The van der Waals surface area contributed by atoms with Crippen LogP contribution in [0.5, 0.6) is 5.75 Å². The third-order valence-electron chi connectivity index (χ3n) is 4.41. The zero-order valence-electron chi connectivity index (χ0n) is 16.5. The molecule has 148 valence electrons. The highest BCUT2D eigenvalue weighted by Gasteiger charge is 2.17. The summed E-state index contributed by atoms with van der Waals surface area (Å²) in [7, 11) is 0. The maximum absolute atomic E-state index is 9.03. The summed E-state index contributed by atoms with van der Waals surface area (Å²) in [6.07, 6.45) is 2.97. The summed E-state index contributed by atoms with van der Waals surface area (Å²) in [6.45, 7) is 5.93. The Labute approximate surface area is 166 Å². The van der Waals surface area contributed by atoms with Crippen LogP contribution in [0.1, 0.15) is 20.3 Å². The number of ether oxygens (including phenoxy) is 2. The van der Waals surface area contributed by atoms with Crippen molar-refractivity contribution in [2.75, 3.05) is 19.8 Å². The minimum Gasteiger partial charge on any atom is -0.491 e. The molecule has 0 unspecified atom stereocenters. The lowest BCUT2D eigenvalue weighted by Crippen LogP contribution is -2.17. The topological polar surface area (TPSA) is 56.5 Å². The average molecular weight is 380 g/mol. The molecule has 3 rings (SSSR count). The Balaban J connectivity index is 1.99. The van der Waals surface area contributed by atoms with E-state index >= 15 is 0 Å². The number of aromatic nitrogens is 2. The van der Waals surface area contributed by atoms with Gasteiger partial charge in [-0.15, -0.1) is 0 Å². The molecule has 0 bridgehead atoms. The van der Waals surface area contributed by atoms with E-state index < -0.39 is 0 Å². The molecule has 2 aromatic carbocycles. The first-order chi connectivity index (χ1) is 13.7. The second-order valence-electron chi connectivity index (χ2n) is 6.74. The quantitative estimate of drug-likeness (QED) is 0.566. The first-order valence-electron chi connectivity index (χ1n) is 9.79. The van der Waals surface area contributed by atoms with Crippen LogP contribution in [-0.4, -0.2) is 40.6 Å². The molecule has 0 aliphatic heterocycles. The molecule has 0 amide bonds. The molecule has 5 heteroatoms. The lowest BCUT2D eigenvalue weighted by Gasteiger charge is -2.17. The third-order valence-corrected chi connectivity index (χ3v) is 4.41. The fourth-order valence-electron chi connectivity index (χ4n) is 3.18. The highest BCUT2D eigenvalue weighted by Crippen LogP contribution is 2.33. The van der Waals surface area contributed by atoms with Crippen LogP contribution in [0.4, 0.5) is 0 Å². The number of hydrogen-bond acceptors (Lipinski definition) is 4. The van der Waals surface area contributed by atoms with E-state index in [-0.39, 0.29) is 19.3 Å². The van der Waals surface area contributed by atoms with Crippen molar-refractivity contribution in [3.05, 3.63) is 60.9 Å². The predicted molar refractivity (Wildman–Crippen MR) is 111 cm³/mol. The second-order valence-corrected chi connectivity index (χ2v) is 6.74. The second kappa shape index (κ2) is 10.1. The fourth-order valence-corrected chi connectivity index (χ4v) is 3.18. The Bertz CT molecular complexity index is 861. The number of aliphatic hydroxyl groups is 1. The van der Waals surface area contributed by atoms with Crippen molar-refractivity contribution in [2.24, 2.45) is 0 Å². The monoisotopic (exact) mass is 380 g/mol. The molecular weight excluding hydrogens is 352 g/mol. The van der Waals surface area contributed by atoms with Gasteiger partial charge in [0, 0.05) is 17.7 Å². The minimum atomic E-state index is -0.0102. The molecule has 0 fully saturated rings. The summed E-state index contributed by atoms with van der Waals surface area (Å²) in [5.41, 5.74) is 4.06. The summed E-state index contributed by atoms with van der Waals surface area (Å²) in [5, 5.41) is 9.03. The normalized spacial score (nSPS) is 12.1. The molecule has 0 spiro atoms. The van der Waals surface area contributed by atoms with Gasteiger partial charge in [-0.25, -0.2) is 4.98 Å². The van der Waals surface area contributed by atoms with Crippen LogP contribution >= 0.6 is 0 Å². The summed E-state index contributed by atoms with van der Waals surface area (Å²) < 4.78 is 13.6. The Morgan fingerprint density at radius 1 is 1.04 bits per heavy atom. The van der Waals surface area contributed by atoms with Gasteiger partial charge in [-0.3, -0.25) is 0 Å².